The van der Waals surface area contributed by atoms with E-state index in [0.717, 1.165) is 11.1 Å². The van der Waals surface area contributed by atoms with Crippen molar-refractivity contribution in [1.82, 2.24) is 0 Å². The van der Waals surface area contributed by atoms with Gasteiger partial charge in [-0.15, -0.1) is 0 Å². The summed E-state index contributed by atoms with van der Waals surface area (Å²) in [4.78, 5) is 24.1. The van der Waals surface area contributed by atoms with Gasteiger partial charge in [0.1, 0.15) is 5.75 Å². The zero-order valence-electron chi connectivity index (χ0n) is 14.7. The van der Waals surface area contributed by atoms with Crippen molar-refractivity contribution in [3.05, 3.63) is 83.9 Å². The minimum atomic E-state index is -0.268. The van der Waals surface area contributed by atoms with E-state index in [-0.39, 0.29) is 11.7 Å². The number of ether oxygens (including phenoxy) is 1. The smallest absolute Gasteiger partial charge is 0.259 e. The van der Waals surface area contributed by atoms with Crippen LogP contribution in [0.2, 0.25) is 0 Å². The molecule has 0 fully saturated rings. The molecule has 0 aliphatic heterocycles. The van der Waals surface area contributed by atoms with Gasteiger partial charge >= 0.3 is 0 Å². The summed E-state index contributed by atoms with van der Waals surface area (Å²) in [5, 5.41) is 2.85. The molecule has 1 N–H and O–H groups in total. The Bertz CT molecular complexity index is 931. The standard InChI is InChI=1S/C22H19NO3/c1-15(24)16-8-11-19(12-9-16)23-22(25)20-14-18(10-13-21(20)26-2)17-6-4-3-5-7-17/h3-14H,1-2H3,(H,23,25). The molecule has 0 atom stereocenters. The molecule has 3 aromatic carbocycles. The van der Waals surface area contributed by atoms with Gasteiger partial charge in [-0.1, -0.05) is 36.4 Å². The van der Waals surface area contributed by atoms with Gasteiger partial charge in [-0.2, -0.15) is 0 Å². The fourth-order valence-corrected chi connectivity index (χ4v) is 2.68. The van der Waals surface area contributed by atoms with Gasteiger partial charge < -0.3 is 10.1 Å². The lowest BCUT2D eigenvalue weighted by Crippen LogP contribution is -2.13. The number of rotatable bonds is 5. The van der Waals surface area contributed by atoms with Crippen molar-refractivity contribution in [2.24, 2.45) is 0 Å². The number of methoxy groups -OCH3 is 1. The molecule has 0 radical (unpaired) electrons. The highest BCUT2D eigenvalue weighted by atomic mass is 16.5. The lowest BCUT2D eigenvalue weighted by molar-refractivity contribution is 0.101. The molecule has 0 aliphatic carbocycles. The summed E-state index contributed by atoms with van der Waals surface area (Å²) >= 11 is 0. The molecule has 3 aromatic rings. The van der Waals surface area contributed by atoms with Crippen LogP contribution in [0.15, 0.2) is 72.8 Å². The predicted molar refractivity (Wildman–Crippen MR) is 103 cm³/mol. The average molecular weight is 345 g/mol. The van der Waals surface area contributed by atoms with E-state index in [1.807, 2.05) is 42.5 Å². The highest BCUT2D eigenvalue weighted by Crippen LogP contribution is 2.27. The Morgan fingerprint density at radius 1 is 0.846 bits per heavy atom. The van der Waals surface area contributed by atoms with E-state index in [4.69, 9.17) is 4.74 Å². The van der Waals surface area contributed by atoms with Crippen molar-refractivity contribution in [2.45, 2.75) is 6.92 Å². The maximum atomic E-state index is 12.7. The largest absolute Gasteiger partial charge is 0.496 e. The molecule has 1 amide bonds. The highest BCUT2D eigenvalue weighted by Gasteiger charge is 2.14. The second kappa shape index (κ2) is 7.66. The fourth-order valence-electron chi connectivity index (χ4n) is 2.68. The number of amides is 1. The van der Waals surface area contributed by atoms with Crippen molar-refractivity contribution < 1.29 is 14.3 Å². The van der Waals surface area contributed by atoms with Crippen LogP contribution in [0.3, 0.4) is 0 Å². The van der Waals surface area contributed by atoms with E-state index in [2.05, 4.69) is 5.32 Å². The molecular formula is C22H19NO3. The zero-order valence-corrected chi connectivity index (χ0v) is 14.7. The summed E-state index contributed by atoms with van der Waals surface area (Å²) in [6.07, 6.45) is 0. The van der Waals surface area contributed by atoms with Crippen LogP contribution in [0, 0.1) is 0 Å². The van der Waals surface area contributed by atoms with Gasteiger partial charge in [0.05, 0.1) is 12.7 Å². The lowest BCUT2D eigenvalue weighted by Gasteiger charge is -2.12. The predicted octanol–water partition coefficient (Wildman–Crippen LogP) is 4.82. The third-order valence-electron chi connectivity index (χ3n) is 4.10. The van der Waals surface area contributed by atoms with Crippen LogP contribution >= 0.6 is 0 Å². The highest BCUT2D eigenvalue weighted by molar-refractivity contribution is 6.07. The first-order valence-corrected chi connectivity index (χ1v) is 8.24. The second-order valence-electron chi connectivity index (χ2n) is 5.87. The molecule has 0 spiro atoms. The van der Waals surface area contributed by atoms with Crippen LogP contribution in [-0.2, 0) is 0 Å². The number of nitrogens with one attached hydrogen (secondary N) is 1. The number of carbonyl (C=O) groups is 2. The first kappa shape index (κ1) is 17.4. The summed E-state index contributed by atoms with van der Waals surface area (Å²) < 4.78 is 5.34. The number of anilines is 1. The Morgan fingerprint density at radius 3 is 2.15 bits per heavy atom. The van der Waals surface area contributed by atoms with E-state index >= 15 is 0 Å². The van der Waals surface area contributed by atoms with Gasteiger partial charge in [-0.05, 0) is 54.4 Å². The molecule has 130 valence electrons. The normalized spacial score (nSPS) is 10.2. The number of ketones is 1. The lowest BCUT2D eigenvalue weighted by atomic mass is 10.0. The molecule has 0 saturated carbocycles. The maximum Gasteiger partial charge on any atom is 0.259 e. The minimum absolute atomic E-state index is 0.0138. The van der Waals surface area contributed by atoms with Gasteiger partial charge in [-0.25, -0.2) is 0 Å². The second-order valence-corrected chi connectivity index (χ2v) is 5.87. The Kier molecular flexibility index (Phi) is 5.13. The van der Waals surface area contributed by atoms with Crippen LogP contribution in [0.5, 0.6) is 5.75 Å². The quantitative estimate of drug-likeness (QED) is 0.675. The first-order valence-electron chi connectivity index (χ1n) is 8.24. The summed E-state index contributed by atoms with van der Waals surface area (Å²) in [5.41, 5.74) is 3.63. The fraction of sp³-hybridized carbons (Fsp3) is 0.0909. The molecule has 3 rings (SSSR count). The molecule has 0 bridgehead atoms. The van der Waals surface area contributed by atoms with Gasteiger partial charge in [0.15, 0.2) is 5.78 Å². The average Bonchev–Trinajstić information content (AvgIpc) is 2.68. The molecule has 4 nitrogen and oxygen atoms in total. The van der Waals surface area contributed by atoms with Crippen LogP contribution in [0.4, 0.5) is 5.69 Å². The van der Waals surface area contributed by atoms with Crippen LogP contribution in [0.25, 0.3) is 11.1 Å². The number of benzene rings is 3. The Hall–Kier alpha value is -3.40. The van der Waals surface area contributed by atoms with E-state index in [1.165, 1.54) is 14.0 Å². The number of Topliss-reactive ketones (excluding diaryl/α,β-unsaturated/α-hetero) is 1. The molecule has 0 saturated heterocycles. The third kappa shape index (κ3) is 3.81. The third-order valence-corrected chi connectivity index (χ3v) is 4.10. The topological polar surface area (TPSA) is 55.4 Å². The van der Waals surface area contributed by atoms with E-state index in [1.54, 1.807) is 30.3 Å². The molecule has 0 unspecified atom stereocenters. The Balaban J connectivity index is 1.89. The summed E-state index contributed by atoms with van der Waals surface area (Å²) in [6, 6.07) is 22.2. The minimum Gasteiger partial charge on any atom is -0.496 e. The van der Waals surface area contributed by atoms with Gasteiger partial charge in [-0.3, -0.25) is 9.59 Å². The molecule has 0 aromatic heterocycles. The van der Waals surface area contributed by atoms with Crippen molar-refractivity contribution in [2.75, 3.05) is 12.4 Å². The van der Waals surface area contributed by atoms with E-state index in [0.29, 0.717) is 22.6 Å². The van der Waals surface area contributed by atoms with Crippen molar-refractivity contribution in [3.8, 4) is 16.9 Å². The zero-order chi connectivity index (χ0) is 18.5. The van der Waals surface area contributed by atoms with Crippen LogP contribution in [-0.4, -0.2) is 18.8 Å². The van der Waals surface area contributed by atoms with Crippen LogP contribution < -0.4 is 10.1 Å². The van der Waals surface area contributed by atoms with Crippen molar-refractivity contribution in [3.63, 3.8) is 0 Å². The molecular weight excluding hydrogens is 326 g/mol. The van der Waals surface area contributed by atoms with E-state index < -0.39 is 0 Å². The molecule has 26 heavy (non-hydrogen) atoms. The molecule has 0 aliphatic rings. The molecule has 4 heteroatoms. The van der Waals surface area contributed by atoms with Crippen LogP contribution in [0.1, 0.15) is 27.6 Å². The van der Waals surface area contributed by atoms with Gasteiger partial charge in [0.2, 0.25) is 0 Å². The Labute approximate surface area is 152 Å². The Morgan fingerprint density at radius 2 is 1.54 bits per heavy atom. The van der Waals surface area contributed by atoms with Crippen molar-refractivity contribution in [1.29, 1.82) is 0 Å². The number of hydrogen-bond acceptors (Lipinski definition) is 3. The summed E-state index contributed by atoms with van der Waals surface area (Å²) in [5.74, 6) is 0.220. The maximum absolute atomic E-state index is 12.7. The summed E-state index contributed by atoms with van der Waals surface area (Å²) in [7, 11) is 1.54. The van der Waals surface area contributed by atoms with Crippen molar-refractivity contribution >= 4 is 17.4 Å². The monoisotopic (exact) mass is 345 g/mol. The number of hydrogen-bond donors (Lipinski definition) is 1. The number of carbonyl (C=O) groups excluding carboxylic acids is 2. The molecule has 0 heterocycles. The van der Waals surface area contributed by atoms with E-state index in [9.17, 15) is 9.59 Å². The summed E-state index contributed by atoms with van der Waals surface area (Å²) in [6.45, 7) is 1.51. The van der Waals surface area contributed by atoms with Gasteiger partial charge in [0, 0.05) is 11.3 Å². The first-order chi connectivity index (χ1) is 12.6. The SMILES string of the molecule is COc1ccc(-c2ccccc2)cc1C(=O)Nc1ccc(C(C)=O)cc1. The van der Waals surface area contributed by atoms with Gasteiger partial charge in [0.25, 0.3) is 5.91 Å².